The summed E-state index contributed by atoms with van der Waals surface area (Å²) in [7, 11) is -1.19. The van der Waals surface area contributed by atoms with Gasteiger partial charge in [0.2, 0.25) is 10.0 Å². The number of ether oxygens (including phenoxy) is 1. The van der Waals surface area contributed by atoms with E-state index < -0.39 is 39.4 Å². The second-order valence-corrected chi connectivity index (χ2v) is 7.42. The summed E-state index contributed by atoms with van der Waals surface area (Å²) in [5, 5.41) is 2.54. The van der Waals surface area contributed by atoms with Crippen LogP contribution >= 0.6 is 0 Å². The third-order valence-corrected chi connectivity index (χ3v) is 4.95. The molecule has 1 rings (SSSR count). The molecule has 9 heteroatoms. The molecule has 0 saturated carbocycles. The van der Waals surface area contributed by atoms with E-state index >= 15 is 0 Å². The van der Waals surface area contributed by atoms with Crippen LogP contribution in [0.15, 0.2) is 23.1 Å². The maximum atomic E-state index is 13.9. The van der Waals surface area contributed by atoms with Gasteiger partial charge in [-0.15, -0.1) is 0 Å². The van der Waals surface area contributed by atoms with Gasteiger partial charge in [0.05, 0.1) is 10.5 Å². The van der Waals surface area contributed by atoms with Crippen LogP contribution < -0.4 is 5.32 Å². The Morgan fingerprint density at radius 3 is 2.50 bits per heavy atom. The number of amides is 1. The fraction of sp³-hybridized carbons (Fsp3) is 0.467. The number of hydrogen-bond donors (Lipinski definition) is 1. The first-order valence-corrected chi connectivity index (χ1v) is 8.76. The van der Waals surface area contributed by atoms with E-state index in [-0.39, 0.29) is 4.90 Å². The van der Waals surface area contributed by atoms with Crippen molar-refractivity contribution < 1.29 is 27.1 Å². The van der Waals surface area contributed by atoms with Gasteiger partial charge in [-0.05, 0) is 31.5 Å². The van der Waals surface area contributed by atoms with E-state index in [4.69, 9.17) is 4.74 Å². The molecule has 1 aromatic carbocycles. The van der Waals surface area contributed by atoms with Crippen LogP contribution in [0.4, 0.5) is 4.39 Å². The predicted molar refractivity (Wildman–Crippen MR) is 85.5 cm³/mol. The van der Waals surface area contributed by atoms with Crippen molar-refractivity contribution in [2.24, 2.45) is 0 Å². The van der Waals surface area contributed by atoms with Gasteiger partial charge in [0.25, 0.3) is 5.91 Å². The average molecular weight is 360 g/mol. The van der Waals surface area contributed by atoms with Crippen molar-refractivity contribution >= 4 is 21.9 Å². The van der Waals surface area contributed by atoms with E-state index in [0.29, 0.717) is 13.0 Å². The molecule has 0 aliphatic heterocycles. The first kappa shape index (κ1) is 20.0. The predicted octanol–water partition coefficient (Wildman–Crippen LogP) is 1.15. The van der Waals surface area contributed by atoms with Gasteiger partial charge >= 0.3 is 5.97 Å². The van der Waals surface area contributed by atoms with Gasteiger partial charge in [0.15, 0.2) is 6.10 Å². The Morgan fingerprint density at radius 1 is 1.33 bits per heavy atom. The summed E-state index contributed by atoms with van der Waals surface area (Å²) in [6.45, 7) is 3.63. The summed E-state index contributed by atoms with van der Waals surface area (Å²) in [5.41, 5.74) is -0.548. The van der Waals surface area contributed by atoms with Crippen LogP contribution in [0.25, 0.3) is 0 Å². The second kappa shape index (κ2) is 8.20. The maximum Gasteiger partial charge on any atom is 0.341 e. The third kappa shape index (κ3) is 4.75. The van der Waals surface area contributed by atoms with E-state index in [9.17, 15) is 22.4 Å². The highest BCUT2D eigenvalue weighted by atomic mass is 32.2. The number of nitrogens with zero attached hydrogens (tertiary/aromatic N) is 1. The smallest absolute Gasteiger partial charge is 0.341 e. The molecule has 1 N–H and O–H groups in total. The van der Waals surface area contributed by atoms with Gasteiger partial charge in [-0.25, -0.2) is 21.9 Å². The van der Waals surface area contributed by atoms with Crippen LogP contribution in [0.3, 0.4) is 0 Å². The molecule has 1 amide bonds. The molecule has 1 atom stereocenters. The molecule has 0 saturated heterocycles. The van der Waals surface area contributed by atoms with Crippen LogP contribution in [-0.4, -0.2) is 51.3 Å². The number of carbonyl (C=O) groups excluding carboxylic acids is 2. The lowest BCUT2D eigenvalue weighted by Gasteiger charge is -2.15. The van der Waals surface area contributed by atoms with Crippen LogP contribution in [0.1, 0.15) is 30.6 Å². The standard InChI is InChI=1S/C15H21FN2O5S/c1-5-8-17-14(19)10(2)23-15(20)12-9-11(6-7-13(12)16)24(21,22)18(3)4/h6-7,9-10H,5,8H2,1-4H3,(H,17,19)/t10-/m0/s1. The largest absolute Gasteiger partial charge is 0.449 e. The van der Waals surface area contributed by atoms with E-state index in [1.807, 2.05) is 6.92 Å². The Bertz CT molecular complexity index is 719. The normalized spacial score (nSPS) is 12.8. The number of carbonyl (C=O) groups is 2. The lowest BCUT2D eigenvalue weighted by Crippen LogP contribution is -2.36. The van der Waals surface area contributed by atoms with E-state index in [1.54, 1.807) is 0 Å². The van der Waals surface area contributed by atoms with E-state index in [0.717, 1.165) is 22.5 Å². The number of hydrogen-bond acceptors (Lipinski definition) is 5. The Balaban J connectivity index is 3.01. The van der Waals surface area contributed by atoms with Crippen LogP contribution in [0.5, 0.6) is 0 Å². The fourth-order valence-electron chi connectivity index (χ4n) is 1.70. The molecule has 134 valence electrons. The Labute approximate surface area is 140 Å². The minimum atomic E-state index is -3.83. The molecule has 0 aliphatic carbocycles. The van der Waals surface area contributed by atoms with Gasteiger partial charge in [0, 0.05) is 20.6 Å². The molecule has 0 unspecified atom stereocenters. The molecule has 0 bridgehead atoms. The van der Waals surface area contributed by atoms with E-state index in [1.165, 1.54) is 21.0 Å². The lowest BCUT2D eigenvalue weighted by molar-refractivity contribution is -0.129. The topological polar surface area (TPSA) is 92.8 Å². The molecular weight excluding hydrogens is 339 g/mol. The molecular formula is C15H21FN2O5S. The van der Waals surface area contributed by atoms with Crippen molar-refractivity contribution in [3.8, 4) is 0 Å². The number of halogens is 1. The zero-order valence-corrected chi connectivity index (χ0v) is 14.8. The first-order chi connectivity index (χ1) is 11.1. The summed E-state index contributed by atoms with van der Waals surface area (Å²) in [5.74, 6) is -2.55. The molecule has 0 aliphatic rings. The zero-order valence-electron chi connectivity index (χ0n) is 14.0. The van der Waals surface area contributed by atoms with Crippen molar-refractivity contribution in [1.82, 2.24) is 9.62 Å². The van der Waals surface area contributed by atoms with Crippen molar-refractivity contribution in [3.05, 3.63) is 29.6 Å². The van der Waals surface area contributed by atoms with E-state index in [2.05, 4.69) is 5.32 Å². The van der Waals surface area contributed by atoms with Gasteiger partial charge in [-0.3, -0.25) is 4.79 Å². The SMILES string of the molecule is CCCNC(=O)[C@H](C)OC(=O)c1cc(S(=O)(=O)N(C)C)ccc1F. The first-order valence-electron chi connectivity index (χ1n) is 7.32. The molecule has 0 spiro atoms. The Morgan fingerprint density at radius 2 is 1.96 bits per heavy atom. The fourth-order valence-corrected chi connectivity index (χ4v) is 2.63. The van der Waals surface area contributed by atoms with Gasteiger partial charge in [0.1, 0.15) is 5.82 Å². The number of sulfonamides is 1. The third-order valence-electron chi connectivity index (χ3n) is 3.14. The molecule has 0 fully saturated rings. The molecule has 0 heterocycles. The molecule has 24 heavy (non-hydrogen) atoms. The summed E-state index contributed by atoms with van der Waals surface area (Å²) >= 11 is 0. The number of benzene rings is 1. The average Bonchev–Trinajstić information content (AvgIpc) is 2.52. The number of esters is 1. The Hall–Kier alpha value is -2.00. The zero-order chi connectivity index (χ0) is 18.5. The molecule has 7 nitrogen and oxygen atoms in total. The highest BCUT2D eigenvalue weighted by molar-refractivity contribution is 7.89. The van der Waals surface area contributed by atoms with Crippen molar-refractivity contribution in [2.75, 3.05) is 20.6 Å². The molecule has 1 aromatic rings. The highest BCUT2D eigenvalue weighted by Crippen LogP contribution is 2.19. The lowest BCUT2D eigenvalue weighted by atomic mass is 10.2. The molecule has 0 radical (unpaired) electrons. The van der Waals surface area contributed by atoms with Crippen molar-refractivity contribution in [2.45, 2.75) is 31.3 Å². The van der Waals surface area contributed by atoms with Crippen molar-refractivity contribution in [3.63, 3.8) is 0 Å². The van der Waals surface area contributed by atoms with Gasteiger partial charge < -0.3 is 10.1 Å². The highest BCUT2D eigenvalue weighted by Gasteiger charge is 2.24. The van der Waals surface area contributed by atoms with Crippen LogP contribution in [-0.2, 0) is 19.6 Å². The minimum absolute atomic E-state index is 0.246. The quantitative estimate of drug-likeness (QED) is 0.736. The maximum absolute atomic E-state index is 13.9. The molecule has 0 aromatic heterocycles. The summed E-state index contributed by atoms with van der Waals surface area (Å²) in [6, 6.07) is 2.82. The Kier molecular flexibility index (Phi) is 6.85. The summed E-state index contributed by atoms with van der Waals surface area (Å²) in [6.07, 6.45) is -0.413. The van der Waals surface area contributed by atoms with Crippen LogP contribution in [0.2, 0.25) is 0 Å². The van der Waals surface area contributed by atoms with Gasteiger partial charge in [-0.2, -0.15) is 0 Å². The number of nitrogens with one attached hydrogen (secondary N) is 1. The monoisotopic (exact) mass is 360 g/mol. The van der Waals surface area contributed by atoms with Gasteiger partial charge in [-0.1, -0.05) is 6.92 Å². The number of rotatable bonds is 7. The summed E-state index contributed by atoms with van der Waals surface area (Å²) < 4.78 is 43.8. The van der Waals surface area contributed by atoms with Crippen molar-refractivity contribution in [1.29, 1.82) is 0 Å². The minimum Gasteiger partial charge on any atom is -0.449 e. The second-order valence-electron chi connectivity index (χ2n) is 5.27. The van der Waals surface area contributed by atoms with Crippen LogP contribution in [0, 0.1) is 5.82 Å². The summed E-state index contributed by atoms with van der Waals surface area (Å²) in [4.78, 5) is 23.5.